The van der Waals surface area contributed by atoms with Crippen molar-refractivity contribution < 1.29 is 86.6 Å². The number of rotatable bonds is 12. The lowest BCUT2D eigenvalue weighted by molar-refractivity contribution is -0.205. The van der Waals surface area contributed by atoms with Crippen LogP contribution < -0.4 is 5.32 Å². The molecular formula is C38H48N4O18. The molecular weight excluding hydrogens is 800 g/mol. The monoisotopic (exact) mass is 848 g/mol. The summed E-state index contributed by atoms with van der Waals surface area (Å²) < 4.78 is 15.3. The minimum Gasteiger partial charge on any atom is -0.480 e. The van der Waals surface area contributed by atoms with Crippen LogP contribution in [0.15, 0.2) is 24.3 Å². The molecule has 2 N–H and O–H groups in total. The zero-order valence-corrected chi connectivity index (χ0v) is 33.2. The van der Waals surface area contributed by atoms with E-state index >= 15 is 0 Å². The Morgan fingerprint density at radius 2 is 1.03 bits per heavy atom. The largest absolute Gasteiger partial charge is 0.534 e. The molecule has 60 heavy (non-hydrogen) atoms. The molecule has 0 saturated carbocycles. The Hall–Kier alpha value is -6.19. The lowest BCUT2D eigenvalue weighted by Gasteiger charge is -2.30. The van der Waals surface area contributed by atoms with Crippen molar-refractivity contribution in [1.29, 1.82) is 0 Å². The van der Waals surface area contributed by atoms with E-state index in [0.717, 1.165) is 0 Å². The fourth-order valence-electron chi connectivity index (χ4n) is 6.41. The summed E-state index contributed by atoms with van der Waals surface area (Å²) in [5.74, 6) is -5.90. The van der Waals surface area contributed by atoms with Gasteiger partial charge in [-0.05, 0) is 77.4 Å². The van der Waals surface area contributed by atoms with Crippen molar-refractivity contribution in [3.63, 3.8) is 0 Å². The molecule has 22 nitrogen and oxygen atoms in total. The van der Waals surface area contributed by atoms with Crippen LogP contribution in [0.5, 0.6) is 0 Å². The van der Waals surface area contributed by atoms with Crippen LogP contribution in [-0.4, -0.2) is 118 Å². The number of carboxylic acid groups (broad SMARTS) is 1. The fraction of sp³-hybridized carbons (Fsp3) is 0.605. The van der Waals surface area contributed by atoms with Gasteiger partial charge in [-0.3, -0.25) is 33.6 Å². The molecule has 3 saturated heterocycles. The summed E-state index contributed by atoms with van der Waals surface area (Å²) in [6.45, 7) is 3.00. The van der Waals surface area contributed by atoms with E-state index in [1.165, 1.54) is 0 Å². The lowest BCUT2D eigenvalue weighted by Crippen LogP contribution is -2.40. The Balaban J connectivity index is 0.000000265. The molecule has 4 atom stereocenters. The molecule has 328 valence electrons. The molecule has 5 aliphatic rings. The van der Waals surface area contributed by atoms with Crippen LogP contribution in [0.25, 0.3) is 0 Å². The second kappa shape index (κ2) is 21.2. The molecule has 5 rings (SSSR count). The minimum atomic E-state index is -1.20. The van der Waals surface area contributed by atoms with Gasteiger partial charge in [-0.25, -0.2) is 24.0 Å². The predicted octanol–water partition coefficient (Wildman–Crippen LogP) is 2.24. The number of allylic oxidation sites excluding steroid dienone is 2. The molecule has 0 aromatic carbocycles. The zero-order valence-electron chi connectivity index (χ0n) is 33.2. The van der Waals surface area contributed by atoms with Gasteiger partial charge in [0.2, 0.25) is 0 Å². The molecule has 7 amide bonds. The van der Waals surface area contributed by atoms with Crippen molar-refractivity contribution in [3.8, 4) is 0 Å². The number of carboxylic acids is 1. The molecule has 0 aromatic heterocycles. The van der Waals surface area contributed by atoms with Gasteiger partial charge < -0.3 is 34.3 Å². The van der Waals surface area contributed by atoms with Gasteiger partial charge in [0.05, 0.1) is 17.4 Å². The van der Waals surface area contributed by atoms with E-state index in [0.29, 0.717) is 53.7 Å². The first kappa shape index (κ1) is 46.5. The van der Waals surface area contributed by atoms with Crippen LogP contribution >= 0.6 is 0 Å². The number of hydroxylamine groups is 6. The molecule has 0 spiro atoms. The highest BCUT2D eigenvalue weighted by molar-refractivity contribution is 6.03. The first-order chi connectivity index (χ1) is 28.4. The van der Waals surface area contributed by atoms with Crippen molar-refractivity contribution in [2.45, 2.75) is 116 Å². The van der Waals surface area contributed by atoms with Gasteiger partial charge in [0.15, 0.2) is 0 Å². The van der Waals surface area contributed by atoms with Crippen molar-refractivity contribution in [2.75, 3.05) is 19.8 Å². The average Bonchev–Trinajstić information content (AvgIpc) is 3.80. The summed E-state index contributed by atoms with van der Waals surface area (Å²) in [4.78, 5) is 144. The van der Waals surface area contributed by atoms with Crippen molar-refractivity contribution >= 4 is 65.6 Å². The van der Waals surface area contributed by atoms with Gasteiger partial charge in [-0.2, -0.15) is 0 Å². The number of nitrogens with zero attached hydrogens (tertiary/aromatic N) is 3. The van der Waals surface area contributed by atoms with Crippen LogP contribution in [0.2, 0.25) is 0 Å². The van der Waals surface area contributed by atoms with E-state index < -0.39 is 95.2 Å². The Kier molecular flexibility index (Phi) is 16.4. The van der Waals surface area contributed by atoms with E-state index in [9.17, 15) is 52.7 Å². The van der Waals surface area contributed by atoms with Gasteiger partial charge >= 0.3 is 30.2 Å². The first-order valence-electron chi connectivity index (χ1n) is 19.4. The molecule has 3 fully saturated rings. The number of hydrogen-bond donors (Lipinski definition) is 2. The van der Waals surface area contributed by atoms with Gasteiger partial charge in [-0.15, -0.1) is 10.1 Å². The molecule has 0 unspecified atom stereocenters. The summed E-state index contributed by atoms with van der Waals surface area (Å²) in [7, 11) is 0. The Bertz CT molecular complexity index is 1750. The molecule has 0 bridgehead atoms. The molecule has 2 aliphatic carbocycles. The lowest BCUT2D eigenvalue weighted by atomic mass is 9.79. The Morgan fingerprint density at radius 1 is 0.633 bits per heavy atom. The van der Waals surface area contributed by atoms with Crippen LogP contribution in [0, 0.1) is 10.8 Å². The third-order valence-electron chi connectivity index (χ3n) is 10.2. The highest BCUT2D eigenvalue weighted by atomic mass is 16.8. The number of aliphatic carboxylic acids is 1. The summed E-state index contributed by atoms with van der Waals surface area (Å²) >= 11 is 0. The quantitative estimate of drug-likeness (QED) is 0.123. The van der Waals surface area contributed by atoms with Crippen LogP contribution in [0.3, 0.4) is 0 Å². The number of carbonyl (C=O) groups excluding carboxylic acids is 10. The second-order valence-corrected chi connectivity index (χ2v) is 14.9. The van der Waals surface area contributed by atoms with E-state index in [2.05, 4.69) is 10.2 Å². The van der Waals surface area contributed by atoms with Gasteiger partial charge in [0, 0.05) is 45.1 Å². The van der Waals surface area contributed by atoms with Gasteiger partial charge in [0.1, 0.15) is 18.8 Å². The van der Waals surface area contributed by atoms with E-state index in [1.807, 2.05) is 0 Å². The van der Waals surface area contributed by atoms with Gasteiger partial charge in [0.25, 0.3) is 35.4 Å². The average molecular weight is 849 g/mol. The minimum absolute atomic E-state index is 0.00557. The third-order valence-corrected chi connectivity index (χ3v) is 10.2. The molecule has 3 heterocycles. The number of carbonyl (C=O) groups is 11. The second-order valence-electron chi connectivity index (χ2n) is 14.9. The maximum Gasteiger partial charge on any atom is 0.534 e. The van der Waals surface area contributed by atoms with Crippen molar-refractivity contribution in [1.82, 2.24) is 20.5 Å². The standard InChI is InChI=1S/C19H22N2O9.C19H26N2O9/c1-19(17(26)29-20-13(22)5-6-14(20)23)10-3-2-4-12(9-11-19)28-18(27)30-21-15(24)7-8-16(21)25;1-19(17(26)30-21-14(22)5-6-15(21)23)8-3-2-4-13(7-9-19)29-18(27)20-10-11-28-12-16(24)25/h2,4,12H,3,5-11H2,1H3;2,4,13H,3,5-12H2,1H3,(H,20,27)(H,24,25)/b2*4-2+/t12-,19+;13-,19+/m11/s1. The SMILES string of the molecule is C[C@]1(C(=O)ON2C(=O)CCC2=O)CC/C=C/[C@@H](OC(=O)NCCOCC(=O)O)CC1.C[C@]1(C(=O)ON2C(=O)CCC2=O)CC/C=C/[C@@H](OC(=O)ON2C(=O)CCC2=O)CC1. The van der Waals surface area contributed by atoms with Crippen LogP contribution in [0.4, 0.5) is 9.59 Å². The predicted molar refractivity (Wildman–Crippen MR) is 195 cm³/mol. The fourth-order valence-corrected chi connectivity index (χ4v) is 6.41. The van der Waals surface area contributed by atoms with Crippen LogP contribution in [-0.2, 0) is 71.9 Å². The number of nitrogens with one attached hydrogen (secondary N) is 1. The molecule has 0 aromatic rings. The zero-order chi connectivity index (χ0) is 44.0. The smallest absolute Gasteiger partial charge is 0.480 e. The summed E-state index contributed by atoms with van der Waals surface area (Å²) in [6, 6.07) is 0. The number of hydrogen-bond acceptors (Lipinski definition) is 17. The first-order valence-corrected chi connectivity index (χ1v) is 19.4. The maximum atomic E-state index is 12.7. The highest BCUT2D eigenvalue weighted by Crippen LogP contribution is 2.36. The summed E-state index contributed by atoms with van der Waals surface area (Å²) in [5.41, 5.74) is -1.96. The number of imide groups is 3. The number of amides is 7. The van der Waals surface area contributed by atoms with E-state index in [1.54, 1.807) is 38.2 Å². The molecule has 22 heteroatoms. The van der Waals surface area contributed by atoms with Crippen molar-refractivity contribution in [3.05, 3.63) is 24.3 Å². The third kappa shape index (κ3) is 13.2. The van der Waals surface area contributed by atoms with E-state index in [4.69, 9.17) is 29.0 Å². The maximum absolute atomic E-state index is 12.7. The number of alkyl carbamates (subject to hydrolysis) is 1. The van der Waals surface area contributed by atoms with Crippen molar-refractivity contribution in [2.24, 2.45) is 10.8 Å². The summed E-state index contributed by atoms with van der Waals surface area (Å²) in [6.07, 6.45) is 6.65. The highest BCUT2D eigenvalue weighted by Gasteiger charge is 2.43. The van der Waals surface area contributed by atoms with E-state index in [-0.39, 0.29) is 64.5 Å². The normalized spacial score (nSPS) is 26.7. The topological polar surface area (TPSA) is 285 Å². The Labute approximate surface area is 343 Å². The van der Waals surface area contributed by atoms with Crippen LogP contribution in [0.1, 0.15) is 104 Å². The molecule has 3 aliphatic heterocycles. The van der Waals surface area contributed by atoms with Gasteiger partial charge in [-0.1, -0.05) is 17.2 Å². The Morgan fingerprint density at radius 3 is 1.45 bits per heavy atom. The summed E-state index contributed by atoms with van der Waals surface area (Å²) in [5, 5.41) is 12.4. The number of ether oxygens (including phenoxy) is 3. The molecule has 0 radical (unpaired) electrons.